The predicted octanol–water partition coefficient (Wildman–Crippen LogP) is 3.41. The molecule has 1 aliphatic heterocycles. The van der Waals surface area contributed by atoms with Gasteiger partial charge in [-0.3, -0.25) is 0 Å². The largest absolute Gasteiger partial charge is 0.352 e. The molecule has 0 amide bonds. The summed E-state index contributed by atoms with van der Waals surface area (Å²) in [6, 6.07) is 15.2. The fourth-order valence-corrected chi connectivity index (χ4v) is 5.13. The standard InChI is InChI=1S/C22H23FN4O2S/c1-16-6-7-20(17(2)14-16)21-8-9-22(25-24-21)26-10-12-27(13-11-26)30(28,29)19-5-3-4-18(23)15-19/h3-9,14-15H,10-13H2,1-2H3. The minimum atomic E-state index is -3.71. The molecule has 0 N–H and O–H groups in total. The van der Waals surface area contributed by atoms with Crippen molar-refractivity contribution in [2.24, 2.45) is 0 Å². The first kappa shape index (κ1) is 20.4. The molecule has 4 rings (SSSR count). The highest BCUT2D eigenvalue weighted by Crippen LogP contribution is 2.24. The second kappa shape index (κ2) is 8.12. The molecule has 0 bridgehead atoms. The van der Waals surface area contributed by atoms with Gasteiger partial charge in [-0.2, -0.15) is 4.31 Å². The van der Waals surface area contributed by atoms with Gasteiger partial charge in [0.15, 0.2) is 5.82 Å². The first-order valence-corrected chi connectivity index (χ1v) is 11.2. The van der Waals surface area contributed by atoms with Crippen molar-refractivity contribution in [3.63, 3.8) is 0 Å². The Morgan fingerprint density at radius 2 is 1.67 bits per heavy atom. The van der Waals surface area contributed by atoms with Crippen molar-refractivity contribution in [1.29, 1.82) is 0 Å². The summed E-state index contributed by atoms with van der Waals surface area (Å²) in [5, 5.41) is 8.73. The van der Waals surface area contributed by atoms with Crippen LogP contribution in [0.1, 0.15) is 11.1 Å². The quantitative estimate of drug-likeness (QED) is 0.640. The second-order valence-electron chi connectivity index (χ2n) is 7.44. The number of hydrogen-bond acceptors (Lipinski definition) is 5. The molecule has 8 heteroatoms. The summed E-state index contributed by atoms with van der Waals surface area (Å²) in [7, 11) is -3.71. The number of halogens is 1. The smallest absolute Gasteiger partial charge is 0.243 e. The van der Waals surface area contributed by atoms with Crippen LogP contribution in [0.15, 0.2) is 59.5 Å². The fourth-order valence-electron chi connectivity index (χ4n) is 3.67. The molecule has 0 aliphatic carbocycles. The van der Waals surface area contributed by atoms with Gasteiger partial charge in [-0.05, 0) is 49.7 Å². The van der Waals surface area contributed by atoms with E-state index >= 15 is 0 Å². The molecule has 0 saturated carbocycles. The summed E-state index contributed by atoms with van der Waals surface area (Å²) in [6.07, 6.45) is 0. The van der Waals surface area contributed by atoms with Crippen molar-refractivity contribution in [1.82, 2.24) is 14.5 Å². The van der Waals surface area contributed by atoms with Gasteiger partial charge in [0.05, 0.1) is 10.6 Å². The molecule has 0 radical (unpaired) electrons. The maximum atomic E-state index is 13.4. The highest BCUT2D eigenvalue weighted by Gasteiger charge is 2.29. The molecule has 2 aromatic carbocycles. The molecule has 1 saturated heterocycles. The molecule has 3 aromatic rings. The number of nitrogens with zero attached hydrogens (tertiary/aromatic N) is 4. The third-order valence-electron chi connectivity index (χ3n) is 5.30. The monoisotopic (exact) mass is 426 g/mol. The van der Waals surface area contributed by atoms with Gasteiger partial charge in [-0.25, -0.2) is 12.8 Å². The number of sulfonamides is 1. The Morgan fingerprint density at radius 1 is 0.900 bits per heavy atom. The lowest BCUT2D eigenvalue weighted by Crippen LogP contribution is -2.49. The van der Waals surface area contributed by atoms with Crippen LogP contribution in [0.2, 0.25) is 0 Å². The Bertz CT molecular complexity index is 1160. The maximum absolute atomic E-state index is 13.4. The third kappa shape index (κ3) is 4.06. The summed E-state index contributed by atoms with van der Waals surface area (Å²) in [5.41, 5.74) is 4.20. The zero-order valence-electron chi connectivity index (χ0n) is 16.9. The zero-order valence-corrected chi connectivity index (χ0v) is 17.7. The molecule has 1 aromatic heterocycles. The van der Waals surface area contributed by atoms with Gasteiger partial charge in [0.25, 0.3) is 0 Å². The molecule has 156 valence electrons. The van der Waals surface area contributed by atoms with E-state index in [0.717, 1.165) is 22.9 Å². The number of anilines is 1. The van der Waals surface area contributed by atoms with Crippen LogP contribution >= 0.6 is 0 Å². The summed E-state index contributed by atoms with van der Waals surface area (Å²) in [6.45, 7) is 5.70. The lowest BCUT2D eigenvalue weighted by atomic mass is 10.0. The molecular formula is C22H23FN4O2S. The van der Waals surface area contributed by atoms with Crippen molar-refractivity contribution < 1.29 is 12.8 Å². The van der Waals surface area contributed by atoms with Crippen LogP contribution < -0.4 is 4.90 Å². The van der Waals surface area contributed by atoms with Gasteiger partial charge in [0, 0.05) is 31.7 Å². The minimum absolute atomic E-state index is 0.0198. The van der Waals surface area contributed by atoms with Crippen LogP contribution in [0, 0.1) is 19.7 Å². The summed E-state index contributed by atoms with van der Waals surface area (Å²) in [4.78, 5) is 1.99. The molecule has 2 heterocycles. The Labute approximate surface area is 176 Å². The first-order chi connectivity index (χ1) is 14.3. The predicted molar refractivity (Wildman–Crippen MR) is 114 cm³/mol. The van der Waals surface area contributed by atoms with E-state index in [-0.39, 0.29) is 4.90 Å². The topological polar surface area (TPSA) is 66.4 Å². The zero-order chi connectivity index (χ0) is 21.3. The van der Waals surface area contributed by atoms with E-state index in [0.29, 0.717) is 32.0 Å². The van der Waals surface area contributed by atoms with E-state index in [2.05, 4.69) is 36.2 Å². The van der Waals surface area contributed by atoms with Gasteiger partial charge < -0.3 is 4.90 Å². The second-order valence-corrected chi connectivity index (χ2v) is 9.38. The highest BCUT2D eigenvalue weighted by atomic mass is 32.2. The van der Waals surface area contributed by atoms with Gasteiger partial charge in [-0.15, -0.1) is 10.2 Å². The number of aromatic nitrogens is 2. The fraction of sp³-hybridized carbons (Fsp3) is 0.273. The van der Waals surface area contributed by atoms with Crippen LogP contribution in [0.4, 0.5) is 10.2 Å². The number of rotatable bonds is 4. The van der Waals surface area contributed by atoms with Crippen LogP contribution in [-0.4, -0.2) is 49.1 Å². The van der Waals surface area contributed by atoms with Crippen LogP contribution in [-0.2, 0) is 10.0 Å². The van der Waals surface area contributed by atoms with E-state index in [1.165, 1.54) is 28.1 Å². The van der Waals surface area contributed by atoms with Crippen LogP contribution in [0.5, 0.6) is 0 Å². The molecule has 0 spiro atoms. The van der Waals surface area contributed by atoms with E-state index in [1.54, 1.807) is 0 Å². The van der Waals surface area contributed by atoms with E-state index < -0.39 is 15.8 Å². The van der Waals surface area contributed by atoms with Gasteiger partial charge >= 0.3 is 0 Å². The Morgan fingerprint density at radius 3 is 2.30 bits per heavy atom. The van der Waals surface area contributed by atoms with E-state index in [4.69, 9.17) is 0 Å². The normalized spacial score (nSPS) is 15.4. The number of hydrogen-bond donors (Lipinski definition) is 0. The number of piperazine rings is 1. The van der Waals surface area contributed by atoms with Crippen molar-refractivity contribution in [3.8, 4) is 11.3 Å². The summed E-state index contributed by atoms with van der Waals surface area (Å²) in [5.74, 6) is 0.153. The van der Waals surface area contributed by atoms with Crippen molar-refractivity contribution in [3.05, 3.63) is 71.5 Å². The first-order valence-electron chi connectivity index (χ1n) is 9.76. The average molecular weight is 427 g/mol. The number of benzene rings is 2. The van der Waals surface area contributed by atoms with Gasteiger partial charge in [0.2, 0.25) is 10.0 Å². The van der Waals surface area contributed by atoms with Gasteiger partial charge in [-0.1, -0.05) is 29.8 Å². The van der Waals surface area contributed by atoms with E-state index in [9.17, 15) is 12.8 Å². The van der Waals surface area contributed by atoms with Crippen molar-refractivity contribution in [2.75, 3.05) is 31.1 Å². The SMILES string of the molecule is Cc1ccc(-c2ccc(N3CCN(S(=O)(=O)c4cccc(F)c4)CC3)nn2)c(C)c1. The van der Waals surface area contributed by atoms with Gasteiger partial charge in [0.1, 0.15) is 5.82 Å². The third-order valence-corrected chi connectivity index (χ3v) is 7.20. The molecule has 0 atom stereocenters. The van der Waals surface area contributed by atoms with E-state index in [1.807, 2.05) is 23.1 Å². The summed E-state index contributed by atoms with van der Waals surface area (Å²) < 4.78 is 40.3. The average Bonchev–Trinajstić information content (AvgIpc) is 2.74. The minimum Gasteiger partial charge on any atom is -0.352 e. The Hall–Kier alpha value is -2.84. The van der Waals surface area contributed by atoms with Crippen LogP contribution in [0.25, 0.3) is 11.3 Å². The van der Waals surface area contributed by atoms with Crippen molar-refractivity contribution in [2.45, 2.75) is 18.7 Å². The van der Waals surface area contributed by atoms with Crippen molar-refractivity contribution >= 4 is 15.8 Å². The molecule has 1 fully saturated rings. The molecule has 6 nitrogen and oxygen atoms in total. The number of aryl methyl sites for hydroxylation is 2. The Balaban J connectivity index is 1.45. The highest BCUT2D eigenvalue weighted by molar-refractivity contribution is 7.89. The summed E-state index contributed by atoms with van der Waals surface area (Å²) >= 11 is 0. The molecular weight excluding hydrogens is 403 g/mol. The molecule has 30 heavy (non-hydrogen) atoms. The Kier molecular flexibility index (Phi) is 5.53. The van der Waals surface area contributed by atoms with Crippen LogP contribution in [0.3, 0.4) is 0 Å². The lowest BCUT2D eigenvalue weighted by molar-refractivity contribution is 0.383. The lowest BCUT2D eigenvalue weighted by Gasteiger charge is -2.34. The maximum Gasteiger partial charge on any atom is 0.243 e. The molecule has 1 aliphatic rings. The molecule has 0 unspecified atom stereocenters.